The van der Waals surface area contributed by atoms with Crippen LogP contribution < -0.4 is 10.1 Å². The molecule has 0 amide bonds. The molecule has 1 aromatic heterocycles. The molecule has 3 rings (SSSR count). The van der Waals surface area contributed by atoms with Crippen LogP contribution in [0.5, 0.6) is 5.75 Å². The van der Waals surface area contributed by atoms with Gasteiger partial charge in [-0.05, 0) is 43.5 Å². The van der Waals surface area contributed by atoms with E-state index in [0.717, 1.165) is 37.1 Å². The summed E-state index contributed by atoms with van der Waals surface area (Å²) < 4.78 is 5.69. The third kappa shape index (κ3) is 6.47. The number of ether oxygens (including phenoxy) is 1. The number of pyridine rings is 1. The fourth-order valence-corrected chi connectivity index (χ4v) is 4.12. The van der Waals surface area contributed by atoms with Gasteiger partial charge in [0.15, 0.2) is 5.96 Å². The molecule has 2 heterocycles. The minimum atomic E-state index is 0.557. The van der Waals surface area contributed by atoms with Gasteiger partial charge in [-0.3, -0.25) is 4.98 Å². The second kappa shape index (κ2) is 10.8. The molecule has 0 spiro atoms. The van der Waals surface area contributed by atoms with E-state index in [1.165, 1.54) is 11.3 Å². The Labute approximate surface area is 166 Å². The average molecular weight is 385 g/mol. The predicted molar refractivity (Wildman–Crippen MR) is 113 cm³/mol. The van der Waals surface area contributed by atoms with Crippen molar-refractivity contribution in [3.63, 3.8) is 0 Å². The highest BCUT2D eigenvalue weighted by Gasteiger charge is 2.24. The number of rotatable bonds is 8. The predicted octanol–water partition coefficient (Wildman–Crippen LogP) is 3.54. The quantitative estimate of drug-likeness (QED) is 0.326. The van der Waals surface area contributed by atoms with Crippen LogP contribution in [-0.2, 0) is 0 Å². The summed E-state index contributed by atoms with van der Waals surface area (Å²) in [7, 11) is 0. The van der Waals surface area contributed by atoms with Gasteiger partial charge in [0.25, 0.3) is 0 Å². The van der Waals surface area contributed by atoms with Gasteiger partial charge in [0.2, 0.25) is 0 Å². The fourth-order valence-electron chi connectivity index (χ4n) is 3.07. The van der Waals surface area contributed by atoms with E-state index in [0.29, 0.717) is 19.1 Å². The zero-order chi connectivity index (χ0) is 18.7. The van der Waals surface area contributed by atoms with Crippen molar-refractivity contribution in [1.82, 2.24) is 15.2 Å². The van der Waals surface area contributed by atoms with Gasteiger partial charge in [0.1, 0.15) is 12.4 Å². The van der Waals surface area contributed by atoms with E-state index in [4.69, 9.17) is 9.73 Å². The molecule has 144 valence electrons. The lowest BCUT2D eigenvalue weighted by atomic mass is 10.2. The van der Waals surface area contributed by atoms with Crippen LogP contribution in [0, 0.1) is 5.92 Å². The Bertz CT molecular complexity index is 696. The topological polar surface area (TPSA) is 49.8 Å². The first-order valence-corrected chi connectivity index (χ1v) is 10.6. The molecular formula is C21H28N4OS. The van der Waals surface area contributed by atoms with Crippen molar-refractivity contribution in [2.45, 2.75) is 18.2 Å². The molecule has 1 fully saturated rings. The maximum Gasteiger partial charge on any atom is 0.194 e. The lowest BCUT2D eigenvalue weighted by Crippen LogP contribution is -2.40. The monoisotopic (exact) mass is 384 g/mol. The largest absolute Gasteiger partial charge is 0.490 e. The van der Waals surface area contributed by atoms with Crippen LogP contribution in [0.15, 0.2) is 64.7 Å². The first-order chi connectivity index (χ1) is 13.3. The first kappa shape index (κ1) is 19.5. The Morgan fingerprint density at radius 1 is 1.30 bits per heavy atom. The molecule has 0 bridgehead atoms. The van der Waals surface area contributed by atoms with E-state index >= 15 is 0 Å². The van der Waals surface area contributed by atoms with Gasteiger partial charge in [-0.25, -0.2) is 4.99 Å². The summed E-state index contributed by atoms with van der Waals surface area (Å²) in [5.41, 5.74) is 0. The molecule has 2 aromatic rings. The smallest absolute Gasteiger partial charge is 0.194 e. The zero-order valence-electron chi connectivity index (χ0n) is 15.9. The second-order valence-electron chi connectivity index (χ2n) is 6.50. The molecule has 0 aliphatic carbocycles. The number of nitrogens with one attached hydrogen (secondary N) is 1. The van der Waals surface area contributed by atoms with Gasteiger partial charge < -0.3 is 15.0 Å². The van der Waals surface area contributed by atoms with Crippen molar-refractivity contribution in [2.24, 2.45) is 10.9 Å². The van der Waals surface area contributed by atoms with E-state index in [1.807, 2.05) is 23.9 Å². The van der Waals surface area contributed by atoms with Gasteiger partial charge in [-0.1, -0.05) is 18.2 Å². The lowest BCUT2D eigenvalue weighted by Gasteiger charge is -2.21. The van der Waals surface area contributed by atoms with Crippen LogP contribution in [0.2, 0.25) is 0 Å². The number of likely N-dealkylation sites (tertiary alicyclic amines) is 1. The van der Waals surface area contributed by atoms with E-state index in [1.54, 1.807) is 12.4 Å². The molecule has 1 unspecified atom stereocenters. The highest BCUT2D eigenvalue weighted by atomic mass is 32.2. The van der Waals surface area contributed by atoms with E-state index in [-0.39, 0.29) is 0 Å². The third-order valence-electron chi connectivity index (χ3n) is 4.41. The fraction of sp³-hybridized carbons (Fsp3) is 0.429. The Balaban J connectivity index is 1.45. The zero-order valence-corrected chi connectivity index (χ0v) is 16.7. The number of benzene rings is 1. The lowest BCUT2D eigenvalue weighted by molar-refractivity contribution is 0.326. The highest BCUT2D eigenvalue weighted by molar-refractivity contribution is 7.99. The molecule has 6 heteroatoms. The Hall–Kier alpha value is -2.21. The van der Waals surface area contributed by atoms with E-state index in [2.05, 4.69) is 52.5 Å². The molecular weight excluding hydrogens is 356 g/mol. The van der Waals surface area contributed by atoms with Gasteiger partial charge in [0.05, 0.1) is 12.7 Å². The highest BCUT2D eigenvalue weighted by Crippen LogP contribution is 2.25. The van der Waals surface area contributed by atoms with Crippen LogP contribution in [0.1, 0.15) is 13.3 Å². The first-order valence-electron chi connectivity index (χ1n) is 9.59. The summed E-state index contributed by atoms with van der Waals surface area (Å²) in [6.45, 7) is 6.31. The summed E-state index contributed by atoms with van der Waals surface area (Å²) in [6.07, 6.45) is 4.69. The molecule has 1 aromatic carbocycles. The molecule has 27 heavy (non-hydrogen) atoms. The van der Waals surface area contributed by atoms with Crippen LogP contribution >= 0.6 is 11.8 Å². The maximum absolute atomic E-state index is 5.69. The number of aromatic nitrogens is 1. The summed E-state index contributed by atoms with van der Waals surface area (Å²) in [5, 5.41) is 3.42. The van der Waals surface area contributed by atoms with Crippen molar-refractivity contribution in [1.29, 1.82) is 0 Å². The number of guanidine groups is 1. The SMILES string of the molecule is CCNC(=NCCOc1cccnc1)N1CCC(CSc2ccccc2)C1. The number of hydrogen-bond acceptors (Lipinski definition) is 4. The standard InChI is InChI=1S/C21H28N4OS/c1-2-23-21(24-12-14-26-19-7-6-11-22-15-19)25-13-10-18(16-25)17-27-20-8-4-3-5-9-20/h3-9,11,15,18H,2,10,12-14,16-17H2,1H3,(H,23,24). The maximum atomic E-state index is 5.69. The average Bonchev–Trinajstić information content (AvgIpc) is 3.19. The van der Waals surface area contributed by atoms with Crippen LogP contribution in [0.3, 0.4) is 0 Å². The summed E-state index contributed by atoms with van der Waals surface area (Å²) in [6, 6.07) is 14.4. The molecule has 1 aliphatic rings. The van der Waals surface area contributed by atoms with Crippen molar-refractivity contribution in [3.8, 4) is 5.75 Å². The van der Waals surface area contributed by atoms with E-state index in [9.17, 15) is 0 Å². The second-order valence-corrected chi connectivity index (χ2v) is 7.59. The minimum Gasteiger partial charge on any atom is -0.490 e. The number of nitrogens with zero attached hydrogens (tertiary/aromatic N) is 3. The Morgan fingerprint density at radius 3 is 2.96 bits per heavy atom. The van der Waals surface area contributed by atoms with Crippen molar-refractivity contribution in [3.05, 3.63) is 54.9 Å². The van der Waals surface area contributed by atoms with Crippen LogP contribution in [0.4, 0.5) is 0 Å². The Kier molecular flexibility index (Phi) is 7.84. The molecule has 1 atom stereocenters. The van der Waals surface area contributed by atoms with Gasteiger partial charge in [-0.15, -0.1) is 11.8 Å². The normalized spacial score (nSPS) is 17.1. The molecule has 1 aliphatic heterocycles. The van der Waals surface area contributed by atoms with E-state index < -0.39 is 0 Å². The van der Waals surface area contributed by atoms with Gasteiger partial charge >= 0.3 is 0 Å². The molecule has 1 N–H and O–H groups in total. The van der Waals surface area contributed by atoms with Gasteiger partial charge in [0, 0.05) is 36.5 Å². The van der Waals surface area contributed by atoms with Crippen LogP contribution in [0.25, 0.3) is 0 Å². The van der Waals surface area contributed by atoms with Crippen LogP contribution in [-0.4, -0.2) is 54.4 Å². The van der Waals surface area contributed by atoms with Crippen molar-refractivity contribution < 1.29 is 4.74 Å². The minimum absolute atomic E-state index is 0.557. The van der Waals surface area contributed by atoms with Gasteiger partial charge in [-0.2, -0.15) is 0 Å². The summed E-state index contributed by atoms with van der Waals surface area (Å²) in [5.74, 6) is 3.64. The molecule has 5 nitrogen and oxygen atoms in total. The summed E-state index contributed by atoms with van der Waals surface area (Å²) in [4.78, 5) is 12.5. The number of hydrogen-bond donors (Lipinski definition) is 1. The number of aliphatic imine (C=N–C) groups is 1. The number of thioether (sulfide) groups is 1. The third-order valence-corrected chi connectivity index (χ3v) is 5.65. The summed E-state index contributed by atoms with van der Waals surface area (Å²) >= 11 is 1.95. The molecule has 0 radical (unpaired) electrons. The molecule has 1 saturated heterocycles. The molecule has 0 saturated carbocycles. The van der Waals surface area contributed by atoms with Crippen molar-refractivity contribution in [2.75, 3.05) is 38.5 Å². The Morgan fingerprint density at radius 2 is 2.19 bits per heavy atom. The van der Waals surface area contributed by atoms with Crippen molar-refractivity contribution >= 4 is 17.7 Å².